The van der Waals surface area contributed by atoms with Crippen molar-refractivity contribution in [1.29, 1.82) is 0 Å². The molecule has 0 aromatic heterocycles. The second-order valence-corrected chi connectivity index (χ2v) is 7.16. The van der Waals surface area contributed by atoms with Crippen LogP contribution in [0.2, 0.25) is 0 Å². The molecule has 0 bridgehead atoms. The molecule has 0 spiro atoms. The number of carbonyl (C=O) groups excluding carboxylic acids is 2. The SMILES string of the molecule is C[C@H]1Sc2ccc(C(=O)Nc3cccc(OS(=O)F)c3)cc2NC1=O. The van der Waals surface area contributed by atoms with Crippen molar-refractivity contribution in [3.8, 4) is 5.75 Å². The van der Waals surface area contributed by atoms with E-state index in [4.69, 9.17) is 0 Å². The summed E-state index contributed by atoms with van der Waals surface area (Å²) in [5, 5.41) is 5.22. The standard InChI is InChI=1S/C16H13FN2O4S2/c1-9-15(20)19-13-7-10(5-6-14(13)24-9)16(21)18-11-3-2-4-12(8-11)23-25(17)22/h2-9H,1H3,(H,18,21)(H,19,20)/t9-,25?/m1/s1. The maximum atomic E-state index is 12.4. The highest BCUT2D eigenvalue weighted by atomic mass is 32.2. The van der Waals surface area contributed by atoms with Crippen LogP contribution in [-0.2, 0) is 16.3 Å². The van der Waals surface area contributed by atoms with E-state index in [1.165, 1.54) is 30.0 Å². The van der Waals surface area contributed by atoms with Crippen molar-refractivity contribution in [3.63, 3.8) is 0 Å². The van der Waals surface area contributed by atoms with Crippen molar-refractivity contribution >= 4 is 46.4 Å². The van der Waals surface area contributed by atoms with Gasteiger partial charge in [-0.3, -0.25) is 9.59 Å². The molecule has 1 aliphatic heterocycles. The molecule has 2 atom stereocenters. The highest BCUT2D eigenvalue weighted by molar-refractivity contribution is 8.00. The maximum Gasteiger partial charge on any atom is 0.401 e. The first-order valence-electron chi connectivity index (χ1n) is 7.22. The first-order valence-corrected chi connectivity index (χ1v) is 9.07. The Morgan fingerprint density at radius 3 is 2.88 bits per heavy atom. The largest absolute Gasteiger partial charge is 0.401 e. The normalized spacial score (nSPS) is 17.2. The minimum Gasteiger partial charge on any atom is -0.377 e. The van der Waals surface area contributed by atoms with Gasteiger partial charge in [0.15, 0.2) is 0 Å². The topological polar surface area (TPSA) is 84.5 Å². The number of anilines is 2. The molecule has 130 valence electrons. The summed E-state index contributed by atoms with van der Waals surface area (Å²) in [4.78, 5) is 25.0. The van der Waals surface area contributed by atoms with Crippen molar-refractivity contribution in [2.45, 2.75) is 17.1 Å². The smallest absolute Gasteiger partial charge is 0.377 e. The first-order chi connectivity index (χ1) is 11.9. The fourth-order valence-electron chi connectivity index (χ4n) is 2.25. The van der Waals surface area contributed by atoms with Gasteiger partial charge in [-0.15, -0.1) is 11.8 Å². The van der Waals surface area contributed by atoms with Crippen LogP contribution in [0.3, 0.4) is 0 Å². The lowest BCUT2D eigenvalue weighted by Crippen LogP contribution is -2.26. The van der Waals surface area contributed by atoms with E-state index < -0.39 is 17.4 Å². The van der Waals surface area contributed by atoms with Crippen LogP contribution >= 0.6 is 11.8 Å². The van der Waals surface area contributed by atoms with E-state index in [2.05, 4.69) is 14.8 Å². The average Bonchev–Trinajstić information content (AvgIpc) is 2.55. The fraction of sp³-hybridized carbons (Fsp3) is 0.125. The Labute approximate surface area is 150 Å². The predicted octanol–water partition coefficient (Wildman–Crippen LogP) is 3.30. The van der Waals surface area contributed by atoms with E-state index in [1.807, 2.05) is 6.92 Å². The number of hydrogen-bond acceptors (Lipinski definition) is 5. The van der Waals surface area contributed by atoms with Gasteiger partial charge in [-0.1, -0.05) is 9.95 Å². The van der Waals surface area contributed by atoms with E-state index in [-0.39, 0.29) is 16.9 Å². The van der Waals surface area contributed by atoms with Crippen LogP contribution in [0.5, 0.6) is 5.75 Å². The second-order valence-electron chi connectivity index (χ2n) is 5.22. The van der Waals surface area contributed by atoms with Gasteiger partial charge in [0.2, 0.25) is 5.91 Å². The molecule has 25 heavy (non-hydrogen) atoms. The van der Waals surface area contributed by atoms with Gasteiger partial charge in [0.25, 0.3) is 5.91 Å². The molecule has 0 saturated carbocycles. The summed E-state index contributed by atoms with van der Waals surface area (Å²) >= 11 is -1.51. The summed E-state index contributed by atoms with van der Waals surface area (Å²) in [6.45, 7) is 1.81. The molecule has 2 amide bonds. The molecule has 0 radical (unpaired) electrons. The Hall–Kier alpha value is -2.39. The molecule has 0 aliphatic carbocycles. The number of fused-ring (bicyclic) bond motifs is 1. The highest BCUT2D eigenvalue weighted by Crippen LogP contribution is 2.36. The zero-order chi connectivity index (χ0) is 18.0. The molecule has 6 nitrogen and oxygen atoms in total. The van der Waals surface area contributed by atoms with E-state index in [9.17, 15) is 17.7 Å². The lowest BCUT2D eigenvalue weighted by atomic mass is 10.1. The van der Waals surface area contributed by atoms with E-state index >= 15 is 0 Å². The minimum atomic E-state index is -2.94. The van der Waals surface area contributed by atoms with Gasteiger partial charge < -0.3 is 14.8 Å². The van der Waals surface area contributed by atoms with Crippen LogP contribution in [0.25, 0.3) is 0 Å². The number of amides is 2. The number of carbonyl (C=O) groups is 2. The number of halogens is 1. The second kappa shape index (κ2) is 7.24. The summed E-state index contributed by atoms with van der Waals surface area (Å²) in [6.07, 6.45) is 0. The summed E-state index contributed by atoms with van der Waals surface area (Å²) in [6, 6.07) is 10.9. The van der Waals surface area contributed by atoms with Gasteiger partial charge in [0.1, 0.15) is 5.75 Å². The highest BCUT2D eigenvalue weighted by Gasteiger charge is 2.23. The zero-order valence-corrected chi connectivity index (χ0v) is 14.6. The molecule has 2 aromatic rings. The average molecular weight is 380 g/mol. The van der Waals surface area contributed by atoms with Gasteiger partial charge >= 0.3 is 11.5 Å². The number of hydrogen-bond donors (Lipinski definition) is 2. The number of benzene rings is 2. The van der Waals surface area contributed by atoms with Gasteiger partial charge in [-0.2, -0.15) is 4.21 Å². The van der Waals surface area contributed by atoms with Crippen molar-refractivity contribution in [2.75, 3.05) is 10.6 Å². The van der Waals surface area contributed by atoms with E-state index in [1.54, 1.807) is 24.3 Å². The van der Waals surface area contributed by atoms with Crippen molar-refractivity contribution in [2.24, 2.45) is 0 Å². The molecule has 1 aliphatic rings. The first kappa shape index (κ1) is 17.4. The Morgan fingerprint density at radius 1 is 1.32 bits per heavy atom. The predicted molar refractivity (Wildman–Crippen MR) is 94.7 cm³/mol. The summed E-state index contributed by atoms with van der Waals surface area (Å²) in [5.74, 6) is -0.486. The van der Waals surface area contributed by atoms with Crippen LogP contribution in [0, 0.1) is 0 Å². The van der Waals surface area contributed by atoms with Gasteiger partial charge in [-0.25, -0.2) is 0 Å². The van der Waals surface area contributed by atoms with Crippen LogP contribution in [-0.4, -0.2) is 21.3 Å². The van der Waals surface area contributed by atoms with Crippen molar-refractivity contribution < 1.29 is 21.9 Å². The van der Waals surface area contributed by atoms with Crippen molar-refractivity contribution in [3.05, 3.63) is 48.0 Å². The van der Waals surface area contributed by atoms with Crippen LogP contribution in [0.4, 0.5) is 15.3 Å². The molecule has 0 fully saturated rings. The van der Waals surface area contributed by atoms with E-state index in [0.717, 1.165) is 4.90 Å². The molecule has 2 N–H and O–H groups in total. The van der Waals surface area contributed by atoms with Gasteiger partial charge in [-0.05, 0) is 37.3 Å². The molecule has 0 saturated heterocycles. The molecule has 9 heteroatoms. The minimum absolute atomic E-state index is 0.0294. The van der Waals surface area contributed by atoms with Crippen LogP contribution in [0.1, 0.15) is 17.3 Å². The third-order valence-electron chi connectivity index (χ3n) is 3.43. The summed E-state index contributed by atoms with van der Waals surface area (Å²) in [7, 11) is 0. The fourth-order valence-corrected chi connectivity index (χ4v) is 3.44. The third kappa shape index (κ3) is 4.18. The van der Waals surface area contributed by atoms with Crippen molar-refractivity contribution in [1.82, 2.24) is 0 Å². The summed E-state index contributed by atoms with van der Waals surface area (Å²) < 4.78 is 27.3. The Morgan fingerprint density at radius 2 is 2.12 bits per heavy atom. The summed E-state index contributed by atoms with van der Waals surface area (Å²) in [5.41, 5.74) is 1.30. The lowest BCUT2D eigenvalue weighted by molar-refractivity contribution is -0.115. The Kier molecular flexibility index (Phi) is 5.05. The molecular weight excluding hydrogens is 367 g/mol. The third-order valence-corrected chi connectivity index (χ3v) is 4.93. The van der Waals surface area contributed by atoms with Gasteiger partial charge in [0, 0.05) is 22.2 Å². The van der Waals surface area contributed by atoms with Crippen LogP contribution < -0.4 is 14.8 Å². The zero-order valence-electron chi connectivity index (χ0n) is 12.9. The molecular formula is C16H13FN2O4S2. The molecule has 3 rings (SSSR count). The monoisotopic (exact) mass is 380 g/mol. The number of nitrogens with one attached hydrogen (secondary N) is 2. The Bertz CT molecular complexity index is 875. The van der Waals surface area contributed by atoms with Gasteiger partial charge in [0.05, 0.1) is 10.9 Å². The molecule has 1 unspecified atom stereocenters. The molecule has 2 aromatic carbocycles. The van der Waals surface area contributed by atoms with E-state index in [0.29, 0.717) is 16.9 Å². The quantitative estimate of drug-likeness (QED) is 0.795. The number of thioether (sulfide) groups is 1. The lowest BCUT2D eigenvalue weighted by Gasteiger charge is -2.21. The molecule has 1 heterocycles. The Balaban J connectivity index is 1.77. The number of rotatable bonds is 4. The maximum absolute atomic E-state index is 12.4. The van der Waals surface area contributed by atoms with Crippen LogP contribution in [0.15, 0.2) is 47.4 Å².